The van der Waals surface area contributed by atoms with E-state index in [0.29, 0.717) is 16.5 Å². The van der Waals surface area contributed by atoms with Crippen LogP contribution in [-0.4, -0.2) is 36.0 Å². The van der Waals surface area contributed by atoms with Crippen LogP contribution in [0, 0.1) is 0 Å². The predicted molar refractivity (Wildman–Crippen MR) is 69.7 cm³/mol. The Balaban J connectivity index is 2.00. The van der Waals surface area contributed by atoms with Crippen LogP contribution >= 0.6 is 11.6 Å². The molecule has 0 aliphatic rings. The Morgan fingerprint density at radius 3 is 2.79 bits per heavy atom. The minimum absolute atomic E-state index is 0.136. The van der Waals surface area contributed by atoms with Crippen molar-refractivity contribution in [2.45, 2.75) is 11.4 Å². The van der Waals surface area contributed by atoms with Gasteiger partial charge in [-0.25, -0.2) is 4.79 Å². The van der Waals surface area contributed by atoms with Gasteiger partial charge in [-0.2, -0.15) is 0 Å². The number of benzene rings is 1. The van der Waals surface area contributed by atoms with Crippen molar-refractivity contribution in [3.05, 3.63) is 41.2 Å². The van der Waals surface area contributed by atoms with Gasteiger partial charge in [0.25, 0.3) is 0 Å². The first-order valence-electron chi connectivity index (χ1n) is 5.34. The molecular weight excluding hydrogens is 290 g/mol. The fourth-order valence-corrected chi connectivity index (χ4v) is 2.90. The number of nitrogens with zero attached hydrogens (tertiary/aromatic N) is 3. The van der Waals surface area contributed by atoms with Gasteiger partial charge in [0.05, 0.1) is 33.5 Å². The summed E-state index contributed by atoms with van der Waals surface area (Å²) in [7, 11) is -1.26. The first-order valence-corrected chi connectivity index (χ1v) is 7.04. The van der Waals surface area contributed by atoms with Crippen LogP contribution in [0.15, 0.2) is 35.4 Å². The van der Waals surface area contributed by atoms with E-state index in [1.807, 2.05) is 0 Å². The molecule has 0 aliphatic carbocycles. The summed E-state index contributed by atoms with van der Waals surface area (Å²) in [5, 5.41) is 16.3. The van der Waals surface area contributed by atoms with E-state index in [1.165, 1.54) is 10.9 Å². The van der Waals surface area contributed by atoms with Gasteiger partial charge < -0.3 is 5.11 Å². The third-order valence-corrected chi connectivity index (χ3v) is 4.19. The molecule has 100 valence electrons. The lowest BCUT2D eigenvalue weighted by atomic mass is 10.4. The van der Waals surface area contributed by atoms with Crippen molar-refractivity contribution in [3.8, 4) is 0 Å². The van der Waals surface area contributed by atoms with Gasteiger partial charge in [0, 0.05) is 5.75 Å². The Labute approximate surface area is 116 Å². The zero-order valence-electron chi connectivity index (χ0n) is 9.69. The Kier molecular flexibility index (Phi) is 4.28. The Morgan fingerprint density at radius 1 is 1.42 bits per heavy atom. The number of aromatic carboxylic acids is 1. The summed E-state index contributed by atoms with van der Waals surface area (Å²) >= 11 is 5.94. The van der Waals surface area contributed by atoms with Crippen LogP contribution in [0.3, 0.4) is 0 Å². The highest BCUT2D eigenvalue weighted by molar-refractivity contribution is 7.85. The van der Waals surface area contributed by atoms with Gasteiger partial charge in [-0.3, -0.25) is 8.89 Å². The smallest absolute Gasteiger partial charge is 0.358 e. The summed E-state index contributed by atoms with van der Waals surface area (Å²) in [6.07, 6.45) is 1.30. The summed E-state index contributed by atoms with van der Waals surface area (Å²) in [6.45, 7) is 0.304. The minimum Gasteiger partial charge on any atom is -0.476 e. The molecule has 0 fully saturated rings. The number of aromatic nitrogens is 3. The minimum atomic E-state index is -1.26. The first-order chi connectivity index (χ1) is 9.08. The molecule has 0 aliphatic heterocycles. The van der Waals surface area contributed by atoms with Gasteiger partial charge in [-0.05, 0) is 12.1 Å². The van der Waals surface area contributed by atoms with E-state index in [1.54, 1.807) is 24.3 Å². The molecular formula is C11H10ClN3O3S. The predicted octanol–water partition coefficient (Wildman–Crippen LogP) is 1.44. The van der Waals surface area contributed by atoms with Crippen molar-refractivity contribution in [2.75, 3.05) is 5.75 Å². The molecule has 1 unspecified atom stereocenters. The Hall–Kier alpha value is -1.73. The van der Waals surface area contributed by atoms with E-state index in [0.717, 1.165) is 0 Å². The number of carboxylic acid groups (broad SMARTS) is 1. The molecule has 1 N–H and O–H groups in total. The molecule has 2 aromatic rings. The van der Waals surface area contributed by atoms with E-state index < -0.39 is 16.8 Å². The zero-order valence-corrected chi connectivity index (χ0v) is 11.3. The lowest BCUT2D eigenvalue weighted by Crippen LogP contribution is -2.08. The molecule has 8 heteroatoms. The van der Waals surface area contributed by atoms with Crippen molar-refractivity contribution >= 4 is 28.4 Å². The molecule has 1 heterocycles. The molecule has 1 atom stereocenters. The molecule has 0 saturated heterocycles. The SMILES string of the molecule is O=C(O)c1cn(CCS(=O)c2ccccc2Cl)nn1. The maximum Gasteiger partial charge on any atom is 0.358 e. The number of hydrogen-bond donors (Lipinski definition) is 1. The van der Waals surface area contributed by atoms with E-state index >= 15 is 0 Å². The number of rotatable bonds is 5. The normalized spacial score (nSPS) is 12.3. The Morgan fingerprint density at radius 2 is 2.16 bits per heavy atom. The van der Waals surface area contributed by atoms with E-state index in [9.17, 15) is 9.00 Å². The van der Waals surface area contributed by atoms with E-state index in [4.69, 9.17) is 16.7 Å². The van der Waals surface area contributed by atoms with Crippen LogP contribution in [0.4, 0.5) is 0 Å². The van der Waals surface area contributed by atoms with Crippen LogP contribution in [0.1, 0.15) is 10.5 Å². The summed E-state index contributed by atoms with van der Waals surface area (Å²) in [5.74, 6) is -0.856. The van der Waals surface area contributed by atoms with Gasteiger partial charge >= 0.3 is 5.97 Å². The van der Waals surface area contributed by atoms with Crippen LogP contribution in [0.5, 0.6) is 0 Å². The highest BCUT2D eigenvalue weighted by Crippen LogP contribution is 2.19. The number of carboxylic acids is 1. The van der Waals surface area contributed by atoms with Crippen LogP contribution in [-0.2, 0) is 17.3 Å². The summed E-state index contributed by atoms with van der Waals surface area (Å²) in [5.41, 5.74) is -0.136. The van der Waals surface area contributed by atoms with E-state index in [2.05, 4.69) is 10.3 Å². The molecule has 0 amide bonds. The number of halogens is 1. The highest BCUT2D eigenvalue weighted by atomic mass is 35.5. The third kappa shape index (κ3) is 3.39. The maximum atomic E-state index is 12.0. The van der Waals surface area contributed by atoms with Crippen LogP contribution < -0.4 is 0 Å². The molecule has 1 aromatic carbocycles. The average molecular weight is 300 g/mol. The molecule has 0 spiro atoms. The number of hydrogen-bond acceptors (Lipinski definition) is 4. The molecule has 0 bridgehead atoms. The second-order valence-corrected chi connectivity index (χ2v) is 5.60. The number of aryl methyl sites for hydroxylation is 1. The summed E-state index contributed by atoms with van der Waals surface area (Å²) in [4.78, 5) is 11.2. The van der Waals surface area contributed by atoms with E-state index in [-0.39, 0.29) is 11.4 Å². The molecule has 2 rings (SSSR count). The van der Waals surface area contributed by atoms with Gasteiger partial charge in [0.2, 0.25) is 0 Å². The molecule has 0 saturated carbocycles. The first kappa shape index (κ1) is 13.7. The number of carbonyl (C=O) groups is 1. The quantitative estimate of drug-likeness (QED) is 0.903. The molecule has 6 nitrogen and oxygen atoms in total. The molecule has 1 aromatic heterocycles. The van der Waals surface area contributed by atoms with Crippen molar-refractivity contribution in [3.63, 3.8) is 0 Å². The highest BCUT2D eigenvalue weighted by Gasteiger charge is 2.11. The standard InChI is InChI=1S/C11H10ClN3O3S/c12-8-3-1-2-4-10(8)19(18)6-5-15-7-9(11(16)17)13-14-15/h1-4,7H,5-6H2,(H,16,17). The van der Waals surface area contributed by atoms with Gasteiger partial charge in [0.15, 0.2) is 5.69 Å². The van der Waals surface area contributed by atoms with Gasteiger partial charge in [-0.15, -0.1) is 5.10 Å². The zero-order chi connectivity index (χ0) is 13.8. The van der Waals surface area contributed by atoms with Gasteiger partial charge in [0.1, 0.15) is 0 Å². The van der Waals surface area contributed by atoms with Crippen LogP contribution in [0.25, 0.3) is 0 Å². The second-order valence-electron chi connectivity index (χ2n) is 3.65. The Bertz CT molecular complexity index is 629. The van der Waals surface area contributed by atoms with Crippen molar-refractivity contribution in [1.29, 1.82) is 0 Å². The van der Waals surface area contributed by atoms with Crippen LogP contribution in [0.2, 0.25) is 5.02 Å². The fourth-order valence-electron chi connectivity index (χ4n) is 1.42. The van der Waals surface area contributed by atoms with Crippen molar-refractivity contribution < 1.29 is 14.1 Å². The molecule has 0 radical (unpaired) electrons. The van der Waals surface area contributed by atoms with Crippen molar-refractivity contribution in [2.24, 2.45) is 0 Å². The van der Waals surface area contributed by atoms with Crippen molar-refractivity contribution in [1.82, 2.24) is 15.0 Å². The second kappa shape index (κ2) is 5.94. The maximum absolute atomic E-state index is 12.0. The monoisotopic (exact) mass is 299 g/mol. The topological polar surface area (TPSA) is 85.1 Å². The lowest BCUT2D eigenvalue weighted by molar-refractivity contribution is 0.0690. The summed E-state index contributed by atoms with van der Waals surface area (Å²) < 4.78 is 13.4. The third-order valence-electron chi connectivity index (χ3n) is 2.35. The van der Waals surface area contributed by atoms with Gasteiger partial charge in [-0.1, -0.05) is 28.9 Å². The summed E-state index contributed by atoms with van der Waals surface area (Å²) in [6, 6.07) is 6.89. The molecule has 19 heavy (non-hydrogen) atoms. The fraction of sp³-hybridized carbons (Fsp3) is 0.182. The average Bonchev–Trinajstić information content (AvgIpc) is 2.85. The largest absolute Gasteiger partial charge is 0.476 e. The lowest BCUT2D eigenvalue weighted by Gasteiger charge is -2.04.